The topological polar surface area (TPSA) is 52.0 Å². The van der Waals surface area contributed by atoms with Crippen molar-refractivity contribution in [1.29, 1.82) is 0 Å². The van der Waals surface area contributed by atoms with Crippen LogP contribution in [0.5, 0.6) is 0 Å². The molecular weight excluding hydrogens is 464 g/mol. The molecule has 4 N–H and O–H groups in total. The fraction of sp³-hybridized carbons (Fsp3) is 0.200. The summed E-state index contributed by atoms with van der Waals surface area (Å²) in [5.74, 6) is 0. The summed E-state index contributed by atoms with van der Waals surface area (Å²) < 4.78 is 84.1. The molecule has 0 amide bonds. The van der Waals surface area contributed by atoms with E-state index in [9.17, 15) is 26.3 Å². The van der Waals surface area contributed by atoms with E-state index in [1.807, 2.05) is 0 Å². The highest BCUT2D eigenvalue weighted by molar-refractivity contribution is 6.39. The molecule has 0 aliphatic carbocycles. The van der Waals surface area contributed by atoms with Crippen molar-refractivity contribution in [1.82, 2.24) is 0 Å². The van der Waals surface area contributed by atoms with Gasteiger partial charge in [0.25, 0.3) is 0 Å². The number of hydrogen-bond acceptors (Lipinski definition) is 2. The molecule has 2 aromatic rings. The Kier molecular flexibility index (Phi) is 5.71. The van der Waals surface area contributed by atoms with Crippen LogP contribution in [0.15, 0.2) is 24.3 Å². The number of nitrogen functional groups attached to an aromatic ring is 2. The van der Waals surface area contributed by atoms with Gasteiger partial charge in [0.2, 0.25) is 5.41 Å². The smallest absolute Gasteiger partial charge is 0.396 e. The average molecular weight is 472 g/mol. The maximum Gasteiger partial charge on any atom is 0.411 e. The fourth-order valence-corrected chi connectivity index (χ4v) is 3.56. The van der Waals surface area contributed by atoms with Crippen LogP contribution in [-0.2, 0) is 5.41 Å². The Morgan fingerprint density at radius 3 is 0.963 bits per heavy atom. The van der Waals surface area contributed by atoms with Crippen LogP contribution in [0.25, 0.3) is 0 Å². The van der Waals surface area contributed by atoms with E-state index in [2.05, 4.69) is 0 Å². The van der Waals surface area contributed by atoms with Gasteiger partial charge >= 0.3 is 12.4 Å². The van der Waals surface area contributed by atoms with Crippen LogP contribution < -0.4 is 11.5 Å². The molecule has 27 heavy (non-hydrogen) atoms. The predicted octanol–water partition coefficient (Wildman–Crippen LogP) is 6.88. The van der Waals surface area contributed by atoms with Crippen LogP contribution in [0.2, 0.25) is 20.1 Å². The third-order valence-corrected chi connectivity index (χ3v) is 5.13. The van der Waals surface area contributed by atoms with Gasteiger partial charge in [-0.05, 0) is 35.4 Å². The maximum atomic E-state index is 14.0. The molecular formula is C15H8Cl4F6N2. The van der Waals surface area contributed by atoms with E-state index in [4.69, 9.17) is 57.9 Å². The van der Waals surface area contributed by atoms with E-state index in [1.54, 1.807) is 0 Å². The molecule has 0 aliphatic rings. The number of benzene rings is 2. The first-order chi connectivity index (χ1) is 12.1. The van der Waals surface area contributed by atoms with Gasteiger partial charge in [0.05, 0.1) is 31.5 Å². The molecule has 0 aromatic heterocycles. The van der Waals surface area contributed by atoms with Crippen LogP contribution >= 0.6 is 46.4 Å². The molecule has 0 radical (unpaired) electrons. The quantitative estimate of drug-likeness (QED) is 0.370. The number of rotatable bonds is 2. The van der Waals surface area contributed by atoms with Gasteiger partial charge in [-0.1, -0.05) is 46.4 Å². The highest BCUT2D eigenvalue weighted by atomic mass is 35.5. The number of alkyl halides is 6. The molecule has 0 heterocycles. The Labute approximate surface area is 168 Å². The van der Waals surface area contributed by atoms with Gasteiger partial charge in [-0.2, -0.15) is 26.3 Å². The van der Waals surface area contributed by atoms with Crippen molar-refractivity contribution in [3.05, 3.63) is 55.5 Å². The summed E-state index contributed by atoms with van der Waals surface area (Å²) in [6.07, 6.45) is -11.8. The normalized spacial score (nSPS) is 13.1. The number of nitrogens with two attached hydrogens (primary N) is 2. The third-order valence-electron chi connectivity index (χ3n) is 3.87. The second kappa shape index (κ2) is 6.99. The Morgan fingerprint density at radius 2 is 0.778 bits per heavy atom. The molecule has 0 spiro atoms. The van der Waals surface area contributed by atoms with Crippen molar-refractivity contribution in [2.24, 2.45) is 0 Å². The molecule has 0 aliphatic heterocycles. The van der Waals surface area contributed by atoms with Gasteiger partial charge in [-0.25, -0.2) is 0 Å². The zero-order valence-electron chi connectivity index (χ0n) is 12.7. The average Bonchev–Trinajstić information content (AvgIpc) is 2.47. The van der Waals surface area contributed by atoms with E-state index >= 15 is 0 Å². The summed E-state index contributed by atoms with van der Waals surface area (Å²) in [4.78, 5) is 0. The summed E-state index contributed by atoms with van der Waals surface area (Å²) in [6.45, 7) is 0. The summed E-state index contributed by atoms with van der Waals surface area (Å²) >= 11 is 22.7. The van der Waals surface area contributed by atoms with E-state index in [0.29, 0.717) is 24.3 Å². The number of halogens is 10. The van der Waals surface area contributed by atoms with Crippen LogP contribution in [0, 0.1) is 0 Å². The van der Waals surface area contributed by atoms with Crippen LogP contribution in [0.3, 0.4) is 0 Å². The summed E-state index contributed by atoms with van der Waals surface area (Å²) in [5.41, 5.74) is 2.99. The van der Waals surface area contributed by atoms with Crippen LogP contribution in [-0.4, -0.2) is 12.4 Å². The predicted molar refractivity (Wildman–Crippen MR) is 94.6 cm³/mol. The third kappa shape index (κ3) is 3.48. The Hall–Kier alpha value is -1.22. The van der Waals surface area contributed by atoms with E-state index < -0.39 is 49.0 Å². The summed E-state index contributed by atoms with van der Waals surface area (Å²) in [5, 5.41) is -2.32. The van der Waals surface area contributed by atoms with Crippen molar-refractivity contribution >= 4 is 57.8 Å². The second-order valence-electron chi connectivity index (χ2n) is 5.45. The molecule has 0 bridgehead atoms. The van der Waals surface area contributed by atoms with Gasteiger partial charge in [-0.3, -0.25) is 0 Å². The first kappa shape index (κ1) is 22.1. The van der Waals surface area contributed by atoms with Gasteiger partial charge in [0.1, 0.15) is 0 Å². The lowest BCUT2D eigenvalue weighted by atomic mass is 9.72. The van der Waals surface area contributed by atoms with Crippen molar-refractivity contribution in [3.63, 3.8) is 0 Å². The van der Waals surface area contributed by atoms with E-state index in [0.717, 1.165) is 0 Å². The Bertz CT molecular complexity index is 775. The van der Waals surface area contributed by atoms with E-state index in [-0.39, 0.29) is 11.4 Å². The second-order valence-corrected chi connectivity index (χ2v) is 7.08. The van der Waals surface area contributed by atoms with Gasteiger partial charge < -0.3 is 11.5 Å². The van der Waals surface area contributed by atoms with Crippen molar-refractivity contribution in [3.8, 4) is 0 Å². The highest BCUT2D eigenvalue weighted by Crippen LogP contribution is 2.58. The minimum absolute atomic E-state index is 0.367. The molecule has 0 saturated carbocycles. The summed E-state index contributed by atoms with van der Waals surface area (Å²) in [6, 6.07) is 1.79. The minimum Gasteiger partial charge on any atom is -0.396 e. The molecule has 0 unspecified atom stereocenters. The van der Waals surface area contributed by atoms with E-state index in [1.165, 1.54) is 0 Å². The molecule has 148 valence electrons. The Balaban J connectivity index is 3.06. The van der Waals surface area contributed by atoms with Crippen molar-refractivity contribution < 1.29 is 26.3 Å². The molecule has 2 aromatic carbocycles. The maximum absolute atomic E-state index is 14.0. The minimum atomic E-state index is -5.88. The van der Waals surface area contributed by atoms with Crippen molar-refractivity contribution in [2.45, 2.75) is 17.8 Å². The lowest BCUT2D eigenvalue weighted by molar-refractivity contribution is -0.288. The first-order valence-corrected chi connectivity index (χ1v) is 8.29. The largest absolute Gasteiger partial charge is 0.411 e. The van der Waals surface area contributed by atoms with Crippen molar-refractivity contribution in [2.75, 3.05) is 11.5 Å². The fourth-order valence-electron chi connectivity index (χ4n) is 2.58. The van der Waals surface area contributed by atoms with Gasteiger partial charge in [-0.15, -0.1) is 0 Å². The summed E-state index contributed by atoms with van der Waals surface area (Å²) in [7, 11) is 0. The zero-order chi connectivity index (χ0) is 20.9. The molecule has 0 saturated heterocycles. The molecule has 2 rings (SSSR count). The molecule has 12 heteroatoms. The van der Waals surface area contributed by atoms with Gasteiger partial charge in [0, 0.05) is 0 Å². The lowest BCUT2D eigenvalue weighted by Gasteiger charge is -2.38. The lowest BCUT2D eigenvalue weighted by Crippen LogP contribution is -2.54. The highest BCUT2D eigenvalue weighted by Gasteiger charge is 2.72. The number of anilines is 2. The molecule has 2 nitrogen and oxygen atoms in total. The molecule has 0 fully saturated rings. The first-order valence-electron chi connectivity index (χ1n) is 6.78. The monoisotopic (exact) mass is 470 g/mol. The molecule has 0 atom stereocenters. The number of hydrogen-bond donors (Lipinski definition) is 2. The van der Waals surface area contributed by atoms with Crippen LogP contribution in [0.4, 0.5) is 37.7 Å². The SMILES string of the molecule is Nc1c(Cl)cc(C(c2cc(Cl)c(N)c(Cl)c2)(C(F)(F)F)C(F)(F)F)cc1Cl. The Morgan fingerprint density at radius 1 is 0.556 bits per heavy atom. The standard InChI is InChI=1S/C15H8Cl4F6N2/c16-7-1-5(2-8(17)11(7)26)13(14(20,21)22,15(23,24)25)6-3-9(18)12(27)10(19)4-6/h1-4H,26-27H2. The van der Waals surface area contributed by atoms with Gasteiger partial charge in [0.15, 0.2) is 0 Å². The van der Waals surface area contributed by atoms with Crippen LogP contribution in [0.1, 0.15) is 11.1 Å². The zero-order valence-corrected chi connectivity index (χ0v) is 15.8.